The van der Waals surface area contributed by atoms with Gasteiger partial charge in [-0.2, -0.15) is 0 Å². The summed E-state index contributed by atoms with van der Waals surface area (Å²) in [6, 6.07) is 3.42. The van der Waals surface area contributed by atoms with Gasteiger partial charge in [-0.05, 0) is 108 Å². The minimum Gasteiger partial charge on any atom is -0.507 e. The molecule has 2 aromatic rings. The minimum atomic E-state index is -1.85. The Bertz CT molecular complexity index is 2590. The van der Waals surface area contributed by atoms with E-state index in [1.54, 1.807) is 6.92 Å². The number of aliphatic hydroxyl groups excluding tert-OH is 2. The van der Waals surface area contributed by atoms with Crippen molar-refractivity contribution in [3.63, 3.8) is 0 Å². The van der Waals surface area contributed by atoms with Gasteiger partial charge in [0.05, 0.1) is 89.4 Å². The highest BCUT2D eigenvalue weighted by Crippen LogP contribution is 2.58. The molecule has 6 aliphatic heterocycles. The summed E-state index contributed by atoms with van der Waals surface area (Å²) in [5.74, 6) is -3.53. The molecular weight excluding hydrogens is 1070 g/mol. The topological polar surface area (TPSA) is 273 Å². The number of nitrogens with zero attached hydrogens (tertiary/aromatic N) is 2. The molecule has 0 radical (unpaired) electrons. The number of hydrogen-bond donors (Lipinski definition) is 6. The molecule has 0 saturated carbocycles. The molecule has 2 aliphatic carbocycles. The second-order valence-corrected chi connectivity index (χ2v) is 24.6. The molecule has 8 aliphatic rings. The van der Waals surface area contributed by atoms with Gasteiger partial charge in [-0.15, -0.1) is 0 Å². The number of ether oxygens (including phenoxy) is 12. The summed E-state index contributed by atoms with van der Waals surface area (Å²) in [4.78, 5) is 33.1. The Morgan fingerprint density at radius 2 is 0.963 bits per heavy atom. The fourth-order valence-corrected chi connectivity index (χ4v) is 13.7. The van der Waals surface area contributed by atoms with E-state index in [0.717, 1.165) is 0 Å². The van der Waals surface area contributed by atoms with Crippen LogP contribution in [0, 0.1) is 0 Å². The molecule has 23 atom stereocenters. The lowest BCUT2D eigenvalue weighted by Crippen LogP contribution is -2.57. The first-order chi connectivity index (χ1) is 38.9. The predicted molar refractivity (Wildman–Crippen MR) is 291 cm³/mol. The van der Waals surface area contributed by atoms with Crippen molar-refractivity contribution >= 4 is 11.6 Å². The number of hydrogen-bond acceptors (Lipinski definition) is 22. The third-order valence-corrected chi connectivity index (χ3v) is 18.6. The van der Waals surface area contributed by atoms with Crippen LogP contribution in [0.1, 0.15) is 181 Å². The fraction of sp³-hybridized carbons (Fsp3) is 0.767. The maximum atomic E-state index is 14.5. The van der Waals surface area contributed by atoms with Crippen molar-refractivity contribution < 1.29 is 97.1 Å². The van der Waals surface area contributed by atoms with Gasteiger partial charge in [0.25, 0.3) is 0 Å². The van der Waals surface area contributed by atoms with Crippen LogP contribution in [0.2, 0.25) is 0 Å². The Balaban J connectivity index is 0.885. The summed E-state index contributed by atoms with van der Waals surface area (Å²) in [7, 11) is 7.69. The highest BCUT2D eigenvalue weighted by molar-refractivity contribution is 6.31. The van der Waals surface area contributed by atoms with Gasteiger partial charge >= 0.3 is 0 Å². The van der Waals surface area contributed by atoms with Crippen molar-refractivity contribution in [1.29, 1.82) is 0 Å². The summed E-state index contributed by atoms with van der Waals surface area (Å²) in [5, 5.41) is 69.7. The van der Waals surface area contributed by atoms with E-state index in [1.165, 1.54) is 18.2 Å². The number of phenolic OH excluding ortho intramolecular Hbond substituents is 3. The number of benzene rings is 2. The van der Waals surface area contributed by atoms with Gasteiger partial charge in [0.1, 0.15) is 35.6 Å². The average molecular weight is 1160 g/mol. The Hall–Kier alpha value is -3.50. The van der Waals surface area contributed by atoms with Crippen LogP contribution >= 0.6 is 0 Å². The molecule has 6 saturated heterocycles. The first kappa shape index (κ1) is 61.6. The molecule has 0 bridgehead atoms. The largest absolute Gasteiger partial charge is 0.507 e. The van der Waals surface area contributed by atoms with Crippen molar-refractivity contribution in [3.05, 3.63) is 51.6 Å². The van der Waals surface area contributed by atoms with Gasteiger partial charge in [0.15, 0.2) is 43.5 Å². The summed E-state index contributed by atoms with van der Waals surface area (Å²) < 4.78 is 77.8. The van der Waals surface area contributed by atoms with E-state index < -0.39 is 132 Å². The highest BCUT2D eigenvalue weighted by atomic mass is 16.8. The molecule has 22 nitrogen and oxygen atoms in total. The Kier molecular flexibility index (Phi) is 18.8. The van der Waals surface area contributed by atoms with Crippen molar-refractivity contribution in [2.45, 2.75) is 266 Å². The number of rotatable bonds is 15. The number of aliphatic hydroxyl groups is 3. The Labute approximate surface area is 480 Å². The van der Waals surface area contributed by atoms with E-state index in [-0.39, 0.29) is 96.6 Å². The van der Waals surface area contributed by atoms with Crippen molar-refractivity contribution in [2.75, 3.05) is 28.2 Å². The zero-order valence-corrected chi connectivity index (χ0v) is 49.2. The molecule has 6 N–H and O–H groups in total. The summed E-state index contributed by atoms with van der Waals surface area (Å²) in [6.45, 7) is 13.0. The molecule has 0 amide bonds. The second-order valence-electron chi connectivity index (χ2n) is 24.6. The Morgan fingerprint density at radius 3 is 1.44 bits per heavy atom. The number of carbonyl (C=O) groups is 2. The summed E-state index contributed by atoms with van der Waals surface area (Å²) in [5.41, 5.74) is -3.57. The van der Waals surface area contributed by atoms with Crippen LogP contribution in [-0.2, 0) is 56.8 Å². The van der Waals surface area contributed by atoms with Crippen LogP contribution in [0.3, 0.4) is 0 Å². The Morgan fingerprint density at radius 1 is 0.524 bits per heavy atom. The number of phenols is 3. The minimum absolute atomic E-state index is 0.0402. The fourth-order valence-electron chi connectivity index (χ4n) is 13.7. The average Bonchev–Trinajstić information content (AvgIpc) is 3.62. The van der Waals surface area contributed by atoms with Crippen molar-refractivity contribution in [2.24, 2.45) is 0 Å². The van der Waals surface area contributed by atoms with Crippen LogP contribution in [0.15, 0.2) is 18.2 Å². The van der Waals surface area contributed by atoms with Crippen molar-refractivity contribution in [3.8, 4) is 17.2 Å². The lowest BCUT2D eigenvalue weighted by molar-refractivity contribution is -0.324. The molecule has 23 unspecified atom stereocenters. The molecule has 10 rings (SSSR count). The van der Waals surface area contributed by atoms with E-state index in [1.807, 2.05) is 79.5 Å². The molecule has 0 aromatic heterocycles. The first-order valence-electron chi connectivity index (χ1n) is 29.7. The first-order valence-corrected chi connectivity index (χ1v) is 29.7. The lowest BCUT2D eigenvalue weighted by Gasteiger charge is -2.50. The lowest BCUT2D eigenvalue weighted by atomic mass is 9.70. The van der Waals surface area contributed by atoms with E-state index in [2.05, 4.69) is 0 Å². The van der Waals surface area contributed by atoms with Crippen LogP contribution in [0.4, 0.5) is 0 Å². The maximum Gasteiger partial charge on any atom is 0.202 e. The van der Waals surface area contributed by atoms with Gasteiger partial charge in [-0.25, -0.2) is 0 Å². The van der Waals surface area contributed by atoms with E-state index in [9.17, 15) is 40.2 Å². The second kappa shape index (κ2) is 25.1. The monoisotopic (exact) mass is 1160 g/mol. The summed E-state index contributed by atoms with van der Waals surface area (Å²) in [6.07, 6.45) is -6.74. The smallest absolute Gasteiger partial charge is 0.202 e. The highest BCUT2D eigenvalue weighted by Gasteiger charge is 2.55. The predicted octanol–water partition coefficient (Wildman–Crippen LogP) is 5.73. The van der Waals surface area contributed by atoms with Gasteiger partial charge in [0.2, 0.25) is 5.78 Å². The molecule has 458 valence electrons. The molecule has 82 heavy (non-hydrogen) atoms. The van der Waals surface area contributed by atoms with Crippen LogP contribution in [-0.4, -0.2) is 209 Å². The zero-order chi connectivity index (χ0) is 58.8. The molecule has 6 heterocycles. The normalized spacial score (nSPS) is 41.8. The third kappa shape index (κ3) is 12.3. The van der Waals surface area contributed by atoms with Gasteiger partial charge < -0.3 is 97.3 Å². The van der Waals surface area contributed by atoms with Crippen molar-refractivity contribution in [1.82, 2.24) is 9.80 Å². The van der Waals surface area contributed by atoms with Crippen LogP contribution in [0.25, 0.3) is 0 Å². The molecule has 6 fully saturated rings. The number of carbonyl (C=O) groups excluding carboxylic acids is 2. The van der Waals surface area contributed by atoms with Gasteiger partial charge in [-0.3, -0.25) is 9.59 Å². The quantitative estimate of drug-likeness (QED) is 0.0992. The van der Waals surface area contributed by atoms with E-state index in [0.29, 0.717) is 51.4 Å². The van der Waals surface area contributed by atoms with Crippen LogP contribution in [0.5, 0.6) is 17.2 Å². The molecule has 2 aromatic carbocycles. The number of likely N-dealkylation sites (N-methyl/N-ethyl adjacent to an activating group) is 2. The van der Waals surface area contributed by atoms with E-state index >= 15 is 0 Å². The number of aromatic hydroxyl groups is 3. The maximum absolute atomic E-state index is 14.5. The zero-order valence-electron chi connectivity index (χ0n) is 49.2. The molecule has 0 spiro atoms. The standard InChI is InChI=1S/C60H88N2O20/c1-12-60(70)26-41(79-46-24-34(61(8)9)57(31(6)75-46)80-44-22-18-39(29(4)73-44)77-42-20-16-36(63)27(2)71-42)49-52(56(69)50-51(55(49)68)54(67)48-33(53(50)66)14-13-15-38(48)65)59(60)82-47-25-35(62(10)11)58(32(7)76-47)81-45-23-19-40(30(5)74-45)78-43-21-17-37(64)28(3)72-43/h13-15,27-32,34-37,39-47,57-59,63-65,68-70H,12,16-26H2,1-11H3. The van der Waals surface area contributed by atoms with Gasteiger partial charge in [-0.1, -0.05) is 19.1 Å². The SMILES string of the molecule is CCC1(O)CC(OC2CC(N(C)C)C(OC3CCC(OC4CCC(O)C(C)O4)C(C)O3)C(C)O2)c2c(O)c3c(c(O)c2C1OC1CC(N(C)C)C(OC2CCC(OC4CCC(O)C(C)O4)C(C)O2)C(C)O1)C(=O)c1cccc(O)c1C3=O. The molecular formula is C60H88N2O20. The number of ketones is 2. The number of fused-ring (bicyclic) bond motifs is 3. The third-order valence-electron chi connectivity index (χ3n) is 18.6. The van der Waals surface area contributed by atoms with Crippen LogP contribution < -0.4 is 0 Å². The summed E-state index contributed by atoms with van der Waals surface area (Å²) >= 11 is 0. The van der Waals surface area contributed by atoms with Gasteiger partial charge in [0, 0.05) is 73.7 Å². The molecule has 22 heteroatoms. The van der Waals surface area contributed by atoms with E-state index in [4.69, 9.17) is 56.8 Å².